The van der Waals surface area contributed by atoms with E-state index >= 15 is 0 Å². The Labute approximate surface area is 158 Å². The zero-order valence-electron chi connectivity index (χ0n) is 13.6. The second-order valence-electron chi connectivity index (χ2n) is 5.31. The third-order valence-electron chi connectivity index (χ3n) is 3.51. The summed E-state index contributed by atoms with van der Waals surface area (Å²) in [7, 11) is 1.75. The lowest BCUT2D eigenvalue weighted by Crippen LogP contribution is -2.38. The Morgan fingerprint density at radius 3 is 2.70 bits per heavy atom. The molecule has 126 valence electrons. The van der Waals surface area contributed by atoms with Crippen molar-refractivity contribution in [2.75, 3.05) is 13.6 Å². The van der Waals surface area contributed by atoms with E-state index in [-0.39, 0.29) is 29.8 Å². The maximum absolute atomic E-state index is 13.3. The van der Waals surface area contributed by atoms with Crippen LogP contribution in [0.5, 0.6) is 0 Å². The summed E-state index contributed by atoms with van der Waals surface area (Å²) in [5, 5.41) is 8.67. The van der Waals surface area contributed by atoms with Crippen LogP contribution in [0.1, 0.15) is 28.8 Å². The molecule has 3 nitrogen and oxygen atoms in total. The first-order valence-electron chi connectivity index (χ1n) is 7.33. The van der Waals surface area contributed by atoms with Crippen LogP contribution in [0.25, 0.3) is 0 Å². The predicted octanol–water partition coefficient (Wildman–Crippen LogP) is 4.28. The molecule has 0 saturated heterocycles. The average Bonchev–Trinajstić information content (AvgIpc) is 3.05. The van der Waals surface area contributed by atoms with Gasteiger partial charge in [-0.05, 0) is 35.6 Å². The van der Waals surface area contributed by atoms with Gasteiger partial charge in [0.15, 0.2) is 5.96 Å². The van der Waals surface area contributed by atoms with Gasteiger partial charge in [0.1, 0.15) is 5.82 Å². The standard InChI is InChI=1S/C17H22FN3S.HI/c1-12-9-14(6-7-15(12)18)11-21-17(19-3)20-10-13(2)16-5-4-8-22-16;/h4-9,13H,10-11H2,1-3H3,(H2,19,20,21);1H. The summed E-state index contributed by atoms with van der Waals surface area (Å²) >= 11 is 1.77. The van der Waals surface area contributed by atoms with E-state index in [1.54, 1.807) is 31.4 Å². The Balaban J connectivity index is 0.00000264. The lowest BCUT2D eigenvalue weighted by molar-refractivity contribution is 0.617. The molecule has 0 aliphatic heterocycles. The lowest BCUT2D eigenvalue weighted by Gasteiger charge is -2.15. The van der Waals surface area contributed by atoms with Gasteiger partial charge in [0.2, 0.25) is 0 Å². The van der Waals surface area contributed by atoms with Crippen LogP contribution in [0.2, 0.25) is 0 Å². The van der Waals surface area contributed by atoms with Crippen molar-refractivity contribution < 1.29 is 4.39 Å². The van der Waals surface area contributed by atoms with Gasteiger partial charge in [0, 0.05) is 30.9 Å². The monoisotopic (exact) mass is 447 g/mol. The van der Waals surface area contributed by atoms with Gasteiger partial charge in [-0.1, -0.05) is 25.1 Å². The number of guanidine groups is 1. The number of rotatable bonds is 5. The fraction of sp³-hybridized carbons (Fsp3) is 0.353. The van der Waals surface area contributed by atoms with E-state index in [9.17, 15) is 4.39 Å². The first-order valence-corrected chi connectivity index (χ1v) is 8.21. The van der Waals surface area contributed by atoms with Crippen molar-refractivity contribution >= 4 is 41.3 Å². The minimum absolute atomic E-state index is 0. The van der Waals surface area contributed by atoms with Crippen LogP contribution in [0.15, 0.2) is 40.7 Å². The molecule has 23 heavy (non-hydrogen) atoms. The topological polar surface area (TPSA) is 36.4 Å². The van der Waals surface area contributed by atoms with E-state index in [0.717, 1.165) is 18.1 Å². The number of hydrogen-bond donors (Lipinski definition) is 2. The summed E-state index contributed by atoms with van der Waals surface area (Å²) in [5.74, 6) is 1.02. The van der Waals surface area contributed by atoms with Crippen LogP contribution in [0.3, 0.4) is 0 Å². The van der Waals surface area contributed by atoms with Crippen LogP contribution in [-0.2, 0) is 6.54 Å². The van der Waals surface area contributed by atoms with Gasteiger partial charge in [-0.3, -0.25) is 4.99 Å². The summed E-state index contributed by atoms with van der Waals surface area (Å²) in [6, 6.07) is 9.36. The number of thiophene rings is 1. The van der Waals surface area contributed by atoms with Crippen LogP contribution in [0, 0.1) is 12.7 Å². The van der Waals surface area contributed by atoms with Crippen molar-refractivity contribution in [2.45, 2.75) is 26.3 Å². The van der Waals surface area contributed by atoms with Crippen LogP contribution < -0.4 is 10.6 Å². The number of aliphatic imine (C=N–C) groups is 1. The third kappa shape index (κ3) is 6.10. The SMILES string of the molecule is CN=C(NCc1ccc(F)c(C)c1)NCC(C)c1cccs1.I. The summed E-state index contributed by atoms with van der Waals surface area (Å²) < 4.78 is 13.3. The number of nitrogens with one attached hydrogen (secondary N) is 2. The Bertz CT molecular complexity index is 629. The van der Waals surface area contributed by atoms with E-state index in [1.165, 1.54) is 10.9 Å². The van der Waals surface area contributed by atoms with Crippen molar-refractivity contribution in [2.24, 2.45) is 4.99 Å². The van der Waals surface area contributed by atoms with E-state index in [1.807, 2.05) is 6.07 Å². The molecule has 0 radical (unpaired) electrons. The molecule has 0 aliphatic carbocycles. The number of nitrogens with zero attached hydrogens (tertiary/aromatic N) is 1. The van der Waals surface area contributed by atoms with Crippen molar-refractivity contribution in [3.05, 3.63) is 57.5 Å². The number of hydrogen-bond acceptors (Lipinski definition) is 2. The van der Waals surface area contributed by atoms with Crippen molar-refractivity contribution in [1.82, 2.24) is 10.6 Å². The Morgan fingerprint density at radius 2 is 2.09 bits per heavy atom. The molecule has 1 atom stereocenters. The second kappa shape index (κ2) is 9.87. The van der Waals surface area contributed by atoms with E-state index < -0.39 is 0 Å². The summed E-state index contributed by atoms with van der Waals surface area (Å²) in [6.45, 7) is 5.40. The Kier molecular flexibility index (Phi) is 8.54. The summed E-state index contributed by atoms with van der Waals surface area (Å²) in [6.07, 6.45) is 0. The van der Waals surface area contributed by atoms with Crippen molar-refractivity contribution in [1.29, 1.82) is 0 Å². The molecule has 2 rings (SSSR count). The second-order valence-corrected chi connectivity index (χ2v) is 6.29. The highest BCUT2D eigenvalue weighted by molar-refractivity contribution is 14.0. The minimum atomic E-state index is -0.170. The fourth-order valence-electron chi connectivity index (χ4n) is 2.15. The molecule has 0 saturated carbocycles. The number of aryl methyl sites for hydroxylation is 1. The summed E-state index contributed by atoms with van der Waals surface area (Å²) in [5.41, 5.74) is 1.70. The molecule has 0 aliphatic rings. The highest BCUT2D eigenvalue weighted by Gasteiger charge is 2.07. The van der Waals surface area contributed by atoms with Gasteiger partial charge >= 0.3 is 0 Å². The van der Waals surface area contributed by atoms with E-state index in [0.29, 0.717) is 18.0 Å². The molecule has 0 fully saturated rings. The van der Waals surface area contributed by atoms with Gasteiger partial charge in [0.25, 0.3) is 0 Å². The van der Waals surface area contributed by atoms with Gasteiger partial charge in [0.05, 0.1) is 0 Å². The van der Waals surface area contributed by atoms with Crippen molar-refractivity contribution in [3.8, 4) is 0 Å². The first kappa shape index (κ1) is 19.9. The summed E-state index contributed by atoms with van der Waals surface area (Å²) in [4.78, 5) is 5.58. The normalized spacial score (nSPS) is 12.4. The highest BCUT2D eigenvalue weighted by Crippen LogP contribution is 2.19. The lowest BCUT2D eigenvalue weighted by atomic mass is 10.1. The minimum Gasteiger partial charge on any atom is -0.356 e. The Morgan fingerprint density at radius 1 is 1.30 bits per heavy atom. The molecule has 2 aromatic rings. The van der Waals surface area contributed by atoms with Crippen LogP contribution in [-0.4, -0.2) is 19.6 Å². The number of benzene rings is 1. The molecule has 1 aromatic heterocycles. The smallest absolute Gasteiger partial charge is 0.191 e. The van der Waals surface area contributed by atoms with E-state index in [4.69, 9.17) is 0 Å². The van der Waals surface area contributed by atoms with Crippen molar-refractivity contribution in [3.63, 3.8) is 0 Å². The van der Waals surface area contributed by atoms with E-state index in [2.05, 4.69) is 40.1 Å². The van der Waals surface area contributed by atoms with Crippen LogP contribution in [0.4, 0.5) is 4.39 Å². The number of halogens is 2. The molecule has 1 unspecified atom stereocenters. The predicted molar refractivity (Wildman–Crippen MR) is 107 cm³/mol. The fourth-order valence-corrected chi connectivity index (χ4v) is 2.93. The van der Waals surface area contributed by atoms with Gasteiger partial charge < -0.3 is 10.6 Å². The maximum atomic E-state index is 13.3. The molecule has 0 spiro atoms. The molecule has 0 bridgehead atoms. The molecular weight excluding hydrogens is 424 g/mol. The molecule has 1 heterocycles. The maximum Gasteiger partial charge on any atom is 0.191 e. The molecular formula is C17H23FIN3S. The zero-order chi connectivity index (χ0) is 15.9. The van der Waals surface area contributed by atoms with Gasteiger partial charge in [-0.2, -0.15) is 0 Å². The molecule has 0 amide bonds. The average molecular weight is 447 g/mol. The van der Waals surface area contributed by atoms with Crippen LogP contribution >= 0.6 is 35.3 Å². The molecule has 1 aromatic carbocycles. The van der Waals surface area contributed by atoms with Gasteiger partial charge in [-0.15, -0.1) is 35.3 Å². The first-order chi connectivity index (χ1) is 10.6. The zero-order valence-corrected chi connectivity index (χ0v) is 16.7. The third-order valence-corrected chi connectivity index (χ3v) is 4.61. The molecule has 2 N–H and O–H groups in total. The quantitative estimate of drug-likeness (QED) is 0.408. The Hall–Kier alpha value is -1.15. The highest BCUT2D eigenvalue weighted by atomic mass is 127. The molecule has 6 heteroatoms. The van der Waals surface area contributed by atoms with Gasteiger partial charge in [-0.25, -0.2) is 4.39 Å². The largest absolute Gasteiger partial charge is 0.356 e.